The lowest BCUT2D eigenvalue weighted by Gasteiger charge is -2.34. The zero-order valence-corrected chi connectivity index (χ0v) is 14.9. The summed E-state index contributed by atoms with van der Waals surface area (Å²) < 4.78 is 0. The summed E-state index contributed by atoms with van der Waals surface area (Å²) in [6.45, 7) is 8.13. The molecule has 1 aromatic heterocycles. The monoisotopic (exact) mass is 326 g/mol. The SMILES string of the molecule is CC(C)C1CC(C2CCN(Cc3c[nH]c4ccccc34)CC2)NN1. The fourth-order valence-electron chi connectivity index (χ4n) is 4.37. The van der Waals surface area contributed by atoms with Crippen LogP contribution in [0, 0.1) is 11.8 Å². The Bertz CT molecular complexity index is 669. The van der Waals surface area contributed by atoms with Crippen molar-refractivity contribution in [3.05, 3.63) is 36.0 Å². The number of hydrogen-bond donors (Lipinski definition) is 3. The second-order valence-corrected chi connectivity index (χ2v) is 7.95. The molecule has 2 aliphatic rings. The lowest BCUT2D eigenvalue weighted by molar-refractivity contribution is 0.156. The van der Waals surface area contributed by atoms with E-state index in [1.165, 1.54) is 48.8 Å². The van der Waals surface area contributed by atoms with Crippen molar-refractivity contribution in [2.45, 2.75) is 51.7 Å². The molecule has 2 aliphatic heterocycles. The summed E-state index contributed by atoms with van der Waals surface area (Å²) in [6, 6.07) is 9.92. The van der Waals surface area contributed by atoms with Crippen LogP contribution in [0.5, 0.6) is 0 Å². The van der Waals surface area contributed by atoms with E-state index < -0.39 is 0 Å². The van der Waals surface area contributed by atoms with Crippen molar-refractivity contribution in [3.8, 4) is 0 Å². The van der Waals surface area contributed by atoms with Gasteiger partial charge in [-0.1, -0.05) is 32.0 Å². The number of nitrogens with one attached hydrogen (secondary N) is 3. The molecule has 4 heteroatoms. The summed E-state index contributed by atoms with van der Waals surface area (Å²) in [7, 11) is 0. The maximum absolute atomic E-state index is 3.57. The molecule has 130 valence electrons. The Morgan fingerprint density at radius 3 is 2.67 bits per heavy atom. The van der Waals surface area contributed by atoms with Crippen molar-refractivity contribution in [2.75, 3.05) is 13.1 Å². The predicted molar refractivity (Wildman–Crippen MR) is 99.6 cm³/mol. The molecule has 0 saturated carbocycles. The van der Waals surface area contributed by atoms with Crippen LogP contribution in [-0.4, -0.2) is 35.1 Å². The van der Waals surface area contributed by atoms with Crippen LogP contribution in [0.4, 0.5) is 0 Å². The minimum Gasteiger partial charge on any atom is -0.361 e. The second kappa shape index (κ2) is 6.87. The Morgan fingerprint density at radius 1 is 1.12 bits per heavy atom. The van der Waals surface area contributed by atoms with Gasteiger partial charge in [-0.05, 0) is 55.8 Å². The summed E-state index contributed by atoms with van der Waals surface area (Å²) >= 11 is 0. The van der Waals surface area contributed by atoms with Crippen LogP contribution in [0.15, 0.2) is 30.5 Å². The van der Waals surface area contributed by atoms with Gasteiger partial charge in [0.25, 0.3) is 0 Å². The first-order valence-electron chi connectivity index (χ1n) is 9.49. The zero-order valence-electron chi connectivity index (χ0n) is 14.9. The van der Waals surface area contributed by atoms with Gasteiger partial charge in [-0.25, -0.2) is 0 Å². The quantitative estimate of drug-likeness (QED) is 0.808. The molecule has 0 amide bonds. The predicted octanol–water partition coefficient (Wildman–Crippen LogP) is 3.27. The molecule has 4 nitrogen and oxygen atoms in total. The van der Waals surface area contributed by atoms with Gasteiger partial charge >= 0.3 is 0 Å². The van der Waals surface area contributed by atoms with Crippen molar-refractivity contribution in [3.63, 3.8) is 0 Å². The molecule has 0 bridgehead atoms. The fourth-order valence-corrected chi connectivity index (χ4v) is 4.37. The van der Waals surface area contributed by atoms with Crippen molar-refractivity contribution in [2.24, 2.45) is 11.8 Å². The summed E-state index contributed by atoms with van der Waals surface area (Å²) in [6.07, 6.45) is 6.09. The molecule has 0 radical (unpaired) electrons. The van der Waals surface area contributed by atoms with Crippen molar-refractivity contribution in [1.82, 2.24) is 20.7 Å². The van der Waals surface area contributed by atoms with Crippen LogP contribution in [0.3, 0.4) is 0 Å². The number of hydrogen-bond acceptors (Lipinski definition) is 3. The van der Waals surface area contributed by atoms with Crippen LogP contribution >= 0.6 is 0 Å². The molecular formula is C20H30N4. The molecule has 3 N–H and O–H groups in total. The van der Waals surface area contributed by atoms with Gasteiger partial charge in [0.2, 0.25) is 0 Å². The molecule has 2 unspecified atom stereocenters. The van der Waals surface area contributed by atoms with Crippen LogP contribution in [-0.2, 0) is 6.54 Å². The summed E-state index contributed by atoms with van der Waals surface area (Å²) in [5, 5.41) is 1.38. The highest BCUT2D eigenvalue weighted by atomic mass is 15.4. The van der Waals surface area contributed by atoms with Gasteiger partial charge in [-0.3, -0.25) is 15.8 Å². The smallest absolute Gasteiger partial charge is 0.0457 e. The highest BCUT2D eigenvalue weighted by Crippen LogP contribution is 2.28. The number of aromatic nitrogens is 1. The van der Waals surface area contributed by atoms with Gasteiger partial charge < -0.3 is 4.98 Å². The third-order valence-electron chi connectivity index (χ3n) is 6.04. The average molecular weight is 326 g/mol. The zero-order chi connectivity index (χ0) is 16.5. The molecule has 2 atom stereocenters. The molecule has 1 aromatic carbocycles. The Morgan fingerprint density at radius 2 is 1.92 bits per heavy atom. The molecule has 2 aromatic rings. The number of fused-ring (bicyclic) bond motifs is 1. The number of nitrogens with zero attached hydrogens (tertiary/aromatic N) is 1. The van der Waals surface area contributed by atoms with Gasteiger partial charge in [0.15, 0.2) is 0 Å². The van der Waals surface area contributed by atoms with Crippen LogP contribution < -0.4 is 10.9 Å². The number of benzene rings is 1. The van der Waals surface area contributed by atoms with Crippen LogP contribution in [0.2, 0.25) is 0 Å². The van der Waals surface area contributed by atoms with Gasteiger partial charge in [0.05, 0.1) is 0 Å². The number of likely N-dealkylation sites (tertiary alicyclic amines) is 1. The third-order valence-corrected chi connectivity index (χ3v) is 6.04. The van der Waals surface area contributed by atoms with E-state index in [-0.39, 0.29) is 0 Å². The molecule has 0 aliphatic carbocycles. The lowest BCUT2D eigenvalue weighted by Crippen LogP contribution is -2.42. The Balaban J connectivity index is 1.32. The van der Waals surface area contributed by atoms with E-state index in [9.17, 15) is 0 Å². The Hall–Kier alpha value is -1.36. The van der Waals surface area contributed by atoms with E-state index >= 15 is 0 Å². The number of rotatable bonds is 4. The summed E-state index contributed by atoms with van der Waals surface area (Å²) in [5.41, 5.74) is 9.76. The average Bonchev–Trinajstić information content (AvgIpc) is 3.24. The summed E-state index contributed by atoms with van der Waals surface area (Å²) in [5.74, 6) is 1.53. The van der Waals surface area contributed by atoms with Gasteiger partial charge in [-0.15, -0.1) is 0 Å². The minimum absolute atomic E-state index is 0.638. The highest BCUT2D eigenvalue weighted by molar-refractivity contribution is 5.82. The van der Waals surface area contributed by atoms with E-state index in [1.54, 1.807) is 0 Å². The summed E-state index contributed by atoms with van der Waals surface area (Å²) in [4.78, 5) is 6.02. The Labute approximate surface area is 145 Å². The van der Waals surface area contributed by atoms with E-state index in [0.717, 1.165) is 12.5 Å². The standard InChI is InChI=1S/C20H30N4/c1-14(2)19-11-20(23-22-19)15-7-9-24(10-8-15)13-16-12-21-18-6-4-3-5-17(16)18/h3-6,12,14-15,19-23H,7-11,13H2,1-2H3. The first-order valence-corrected chi connectivity index (χ1v) is 9.49. The van der Waals surface area contributed by atoms with Gasteiger partial charge in [0.1, 0.15) is 0 Å². The van der Waals surface area contributed by atoms with Crippen molar-refractivity contribution >= 4 is 10.9 Å². The number of hydrazine groups is 1. The molecular weight excluding hydrogens is 296 g/mol. The third kappa shape index (κ3) is 3.23. The van der Waals surface area contributed by atoms with Crippen LogP contribution in [0.25, 0.3) is 10.9 Å². The highest BCUT2D eigenvalue weighted by Gasteiger charge is 2.33. The number of para-hydroxylation sites is 1. The Kier molecular flexibility index (Phi) is 4.61. The number of H-pyrrole nitrogens is 1. The van der Waals surface area contributed by atoms with E-state index in [1.807, 2.05) is 0 Å². The van der Waals surface area contributed by atoms with E-state index in [2.05, 4.69) is 65.0 Å². The van der Waals surface area contributed by atoms with Gasteiger partial charge in [0, 0.05) is 35.7 Å². The number of piperidine rings is 1. The number of aromatic amines is 1. The molecule has 3 heterocycles. The largest absolute Gasteiger partial charge is 0.361 e. The van der Waals surface area contributed by atoms with Gasteiger partial charge in [-0.2, -0.15) is 0 Å². The van der Waals surface area contributed by atoms with E-state index in [0.29, 0.717) is 18.0 Å². The maximum Gasteiger partial charge on any atom is 0.0457 e. The normalized spacial score (nSPS) is 26.6. The first kappa shape index (κ1) is 16.1. The lowest BCUT2D eigenvalue weighted by atomic mass is 9.85. The molecule has 0 spiro atoms. The molecule has 4 rings (SSSR count). The first-order chi connectivity index (χ1) is 11.7. The molecule has 2 saturated heterocycles. The topological polar surface area (TPSA) is 43.1 Å². The second-order valence-electron chi connectivity index (χ2n) is 7.95. The molecule has 2 fully saturated rings. The van der Waals surface area contributed by atoms with Crippen molar-refractivity contribution < 1.29 is 0 Å². The molecule has 24 heavy (non-hydrogen) atoms. The van der Waals surface area contributed by atoms with Crippen molar-refractivity contribution in [1.29, 1.82) is 0 Å². The fraction of sp³-hybridized carbons (Fsp3) is 0.600. The van der Waals surface area contributed by atoms with E-state index in [4.69, 9.17) is 0 Å². The maximum atomic E-state index is 3.57. The van der Waals surface area contributed by atoms with Crippen LogP contribution in [0.1, 0.15) is 38.7 Å². The minimum atomic E-state index is 0.638.